The molecule has 1 heterocycles. The molecule has 0 aliphatic carbocycles. The van der Waals surface area contributed by atoms with Crippen molar-refractivity contribution in [1.82, 2.24) is 0 Å². The van der Waals surface area contributed by atoms with Crippen molar-refractivity contribution in [3.63, 3.8) is 0 Å². The molecule has 98 valence electrons. The smallest absolute Gasteiger partial charge is 0.222 e. The maximum atomic E-state index is 11.3. The summed E-state index contributed by atoms with van der Waals surface area (Å²) in [6.45, 7) is 1.60. The van der Waals surface area contributed by atoms with Gasteiger partial charge in [-0.1, -0.05) is 0 Å². The minimum absolute atomic E-state index is 0.0673. The van der Waals surface area contributed by atoms with Gasteiger partial charge in [-0.15, -0.1) is 0 Å². The van der Waals surface area contributed by atoms with E-state index in [4.69, 9.17) is 16.2 Å². The fourth-order valence-corrected chi connectivity index (χ4v) is 2.34. The average Bonchev–Trinajstić information content (AvgIpc) is 2.39. The summed E-state index contributed by atoms with van der Waals surface area (Å²) in [5.41, 5.74) is 12.8. The number of nitrogen functional groups attached to an aromatic ring is 1. The number of methoxy groups -OCH3 is 1. The normalized spacial score (nSPS) is 19.6. The van der Waals surface area contributed by atoms with Gasteiger partial charge in [-0.2, -0.15) is 0 Å². The Labute approximate surface area is 107 Å². The average molecular weight is 249 g/mol. The zero-order chi connectivity index (χ0) is 13.1. The van der Waals surface area contributed by atoms with Crippen molar-refractivity contribution in [2.75, 3.05) is 30.8 Å². The molecule has 1 atom stereocenters. The summed E-state index contributed by atoms with van der Waals surface area (Å²) in [5, 5.41) is 0. The standard InChI is InChI=1S/C13H19N3O2/c1-18-12-7-10(4-5-11(12)14)16-6-2-3-9(8-16)13(15)17/h4-5,7,9H,2-3,6,8,14H2,1H3,(H2,15,17). The van der Waals surface area contributed by atoms with E-state index in [0.29, 0.717) is 18.0 Å². The molecule has 0 spiro atoms. The Balaban J connectivity index is 2.18. The predicted molar refractivity (Wildman–Crippen MR) is 71.5 cm³/mol. The van der Waals surface area contributed by atoms with Crippen LogP contribution in [0.15, 0.2) is 18.2 Å². The summed E-state index contributed by atoms with van der Waals surface area (Å²) in [6, 6.07) is 5.67. The van der Waals surface area contributed by atoms with Crippen LogP contribution in [-0.2, 0) is 4.79 Å². The lowest BCUT2D eigenvalue weighted by Gasteiger charge is -2.33. The maximum Gasteiger partial charge on any atom is 0.222 e. The van der Waals surface area contributed by atoms with Crippen LogP contribution in [0.3, 0.4) is 0 Å². The zero-order valence-corrected chi connectivity index (χ0v) is 10.6. The number of carbonyl (C=O) groups excluding carboxylic acids is 1. The Kier molecular flexibility index (Phi) is 3.60. The Bertz CT molecular complexity index is 448. The Morgan fingerprint density at radius 1 is 1.50 bits per heavy atom. The first-order valence-electron chi connectivity index (χ1n) is 6.09. The summed E-state index contributed by atoms with van der Waals surface area (Å²) in [5.74, 6) is 0.373. The molecule has 1 aromatic carbocycles. The summed E-state index contributed by atoms with van der Waals surface area (Å²) >= 11 is 0. The van der Waals surface area contributed by atoms with Crippen molar-refractivity contribution in [3.8, 4) is 5.75 Å². The minimum Gasteiger partial charge on any atom is -0.495 e. The Hall–Kier alpha value is -1.91. The van der Waals surface area contributed by atoms with E-state index in [1.165, 1.54) is 0 Å². The monoisotopic (exact) mass is 249 g/mol. The lowest BCUT2D eigenvalue weighted by atomic mass is 9.97. The first-order valence-corrected chi connectivity index (χ1v) is 6.09. The van der Waals surface area contributed by atoms with E-state index in [0.717, 1.165) is 25.1 Å². The van der Waals surface area contributed by atoms with Gasteiger partial charge in [0.15, 0.2) is 0 Å². The lowest BCUT2D eigenvalue weighted by molar-refractivity contribution is -0.122. The third-order valence-corrected chi connectivity index (χ3v) is 3.41. The molecule has 1 aliphatic rings. The van der Waals surface area contributed by atoms with E-state index in [1.54, 1.807) is 7.11 Å². The quantitative estimate of drug-likeness (QED) is 0.782. The Morgan fingerprint density at radius 3 is 2.94 bits per heavy atom. The number of ether oxygens (including phenoxy) is 1. The first-order chi connectivity index (χ1) is 8.61. The molecule has 1 fully saturated rings. The third kappa shape index (κ3) is 2.50. The lowest BCUT2D eigenvalue weighted by Crippen LogP contribution is -2.41. The number of hydrogen-bond acceptors (Lipinski definition) is 4. The second kappa shape index (κ2) is 5.16. The van der Waals surface area contributed by atoms with Crippen LogP contribution in [0.25, 0.3) is 0 Å². The fourth-order valence-electron chi connectivity index (χ4n) is 2.34. The molecule has 1 amide bonds. The van der Waals surface area contributed by atoms with Crippen molar-refractivity contribution in [3.05, 3.63) is 18.2 Å². The fraction of sp³-hybridized carbons (Fsp3) is 0.462. The van der Waals surface area contributed by atoms with Crippen LogP contribution in [-0.4, -0.2) is 26.1 Å². The largest absolute Gasteiger partial charge is 0.495 e. The van der Waals surface area contributed by atoms with Gasteiger partial charge in [-0.25, -0.2) is 0 Å². The molecular weight excluding hydrogens is 230 g/mol. The van der Waals surface area contributed by atoms with E-state index in [-0.39, 0.29) is 11.8 Å². The van der Waals surface area contributed by atoms with Crippen LogP contribution >= 0.6 is 0 Å². The number of anilines is 2. The summed E-state index contributed by atoms with van der Waals surface area (Å²) in [4.78, 5) is 13.4. The van der Waals surface area contributed by atoms with Crippen molar-refractivity contribution >= 4 is 17.3 Å². The second-order valence-electron chi connectivity index (χ2n) is 4.61. The van der Waals surface area contributed by atoms with E-state index in [9.17, 15) is 4.79 Å². The number of amides is 1. The molecule has 5 heteroatoms. The summed E-state index contributed by atoms with van der Waals surface area (Å²) < 4.78 is 5.21. The summed E-state index contributed by atoms with van der Waals surface area (Å²) in [6.07, 6.45) is 1.85. The molecule has 0 saturated carbocycles. The molecule has 1 saturated heterocycles. The van der Waals surface area contributed by atoms with Gasteiger partial charge in [0.1, 0.15) is 5.75 Å². The van der Waals surface area contributed by atoms with Gasteiger partial charge in [0, 0.05) is 24.8 Å². The number of hydrogen-bond donors (Lipinski definition) is 2. The van der Waals surface area contributed by atoms with E-state index < -0.39 is 0 Å². The maximum absolute atomic E-state index is 11.3. The predicted octanol–water partition coefficient (Wildman–Crippen LogP) is 0.979. The number of piperidine rings is 1. The third-order valence-electron chi connectivity index (χ3n) is 3.41. The molecule has 0 bridgehead atoms. The molecule has 2 rings (SSSR count). The van der Waals surface area contributed by atoms with Gasteiger partial charge in [0.25, 0.3) is 0 Å². The van der Waals surface area contributed by atoms with Gasteiger partial charge in [-0.3, -0.25) is 4.79 Å². The molecular formula is C13H19N3O2. The van der Waals surface area contributed by atoms with Gasteiger partial charge in [0.2, 0.25) is 5.91 Å². The van der Waals surface area contributed by atoms with E-state index in [1.807, 2.05) is 18.2 Å². The van der Waals surface area contributed by atoms with Gasteiger partial charge in [0.05, 0.1) is 18.7 Å². The highest BCUT2D eigenvalue weighted by Gasteiger charge is 2.24. The highest BCUT2D eigenvalue weighted by Crippen LogP contribution is 2.30. The van der Waals surface area contributed by atoms with Gasteiger partial charge in [-0.05, 0) is 25.0 Å². The highest BCUT2D eigenvalue weighted by molar-refractivity contribution is 5.77. The molecule has 5 nitrogen and oxygen atoms in total. The molecule has 1 aliphatic heterocycles. The van der Waals surface area contributed by atoms with Crippen LogP contribution in [0.2, 0.25) is 0 Å². The Morgan fingerprint density at radius 2 is 2.28 bits per heavy atom. The number of benzene rings is 1. The van der Waals surface area contributed by atoms with Crippen molar-refractivity contribution in [2.24, 2.45) is 11.7 Å². The number of nitrogens with zero attached hydrogens (tertiary/aromatic N) is 1. The molecule has 0 aromatic heterocycles. The van der Waals surface area contributed by atoms with Crippen molar-refractivity contribution in [1.29, 1.82) is 0 Å². The molecule has 0 radical (unpaired) electrons. The molecule has 4 N–H and O–H groups in total. The second-order valence-corrected chi connectivity index (χ2v) is 4.61. The summed E-state index contributed by atoms with van der Waals surface area (Å²) in [7, 11) is 1.60. The molecule has 1 aromatic rings. The minimum atomic E-state index is -0.220. The van der Waals surface area contributed by atoms with Gasteiger partial charge >= 0.3 is 0 Å². The topological polar surface area (TPSA) is 81.6 Å². The van der Waals surface area contributed by atoms with E-state index >= 15 is 0 Å². The van der Waals surface area contributed by atoms with Crippen LogP contribution in [0.1, 0.15) is 12.8 Å². The number of rotatable bonds is 3. The number of primary amides is 1. The highest BCUT2D eigenvalue weighted by atomic mass is 16.5. The van der Waals surface area contributed by atoms with Crippen molar-refractivity contribution < 1.29 is 9.53 Å². The van der Waals surface area contributed by atoms with Crippen LogP contribution in [0.4, 0.5) is 11.4 Å². The van der Waals surface area contributed by atoms with Gasteiger partial charge < -0.3 is 21.1 Å². The zero-order valence-electron chi connectivity index (χ0n) is 10.6. The molecule has 18 heavy (non-hydrogen) atoms. The number of carbonyl (C=O) groups is 1. The number of nitrogens with two attached hydrogens (primary N) is 2. The van der Waals surface area contributed by atoms with Crippen LogP contribution in [0, 0.1) is 5.92 Å². The molecule has 1 unspecified atom stereocenters. The van der Waals surface area contributed by atoms with Crippen molar-refractivity contribution in [2.45, 2.75) is 12.8 Å². The SMILES string of the molecule is COc1cc(N2CCCC(C(N)=O)C2)ccc1N. The first kappa shape index (κ1) is 12.5. The van der Waals surface area contributed by atoms with E-state index in [2.05, 4.69) is 4.90 Å². The van der Waals surface area contributed by atoms with Crippen LogP contribution < -0.4 is 21.1 Å². The van der Waals surface area contributed by atoms with Crippen LogP contribution in [0.5, 0.6) is 5.75 Å².